The van der Waals surface area contributed by atoms with Crippen molar-refractivity contribution in [2.45, 2.75) is 148 Å². The molecule has 0 aliphatic heterocycles. The lowest BCUT2D eigenvalue weighted by atomic mass is 9.72. The number of ether oxygens (including phenoxy) is 2. The Morgan fingerprint density at radius 1 is 0.944 bits per heavy atom. The Balaban J connectivity index is 2.19. The van der Waals surface area contributed by atoms with Gasteiger partial charge in [0.2, 0.25) is 0 Å². The highest BCUT2D eigenvalue weighted by Gasteiger charge is 2.53. The number of esters is 2. The third-order valence-electron chi connectivity index (χ3n) is 8.77. The van der Waals surface area contributed by atoms with Gasteiger partial charge in [-0.15, -0.1) is 0 Å². The van der Waals surface area contributed by atoms with Crippen LogP contribution in [-0.4, -0.2) is 40.5 Å². The molecule has 0 heterocycles. The molecule has 3 unspecified atom stereocenters. The maximum atomic E-state index is 13.5. The van der Waals surface area contributed by atoms with Gasteiger partial charge in [0.05, 0.1) is 10.8 Å². The van der Waals surface area contributed by atoms with Crippen molar-refractivity contribution in [3.63, 3.8) is 0 Å². The number of hydrogen-bond acceptors (Lipinski definition) is 5. The summed E-state index contributed by atoms with van der Waals surface area (Å²) < 4.78 is 52.3. The molecule has 5 nitrogen and oxygen atoms in total. The topological polar surface area (TPSA) is 72.8 Å². The van der Waals surface area contributed by atoms with Gasteiger partial charge >= 0.3 is 18.1 Å². The zero-order valence-electron chi connectivity index (χ0n) is 23.1. The first-order valence-corrected chi connectivity index (χ1v) is 13.7. The van der Waals surface area contributed by atoms with Gasteiger partial charge in [0.25, 0.3) is 0 Å². The van der Waals surface area contributed by atoms with E-state index in [1.165, 1.54) is 0 Å². The predicted octanol–water partition coefficient (Wildman–Crippen LogP) is 7.28. The van der Waals surface area contributed by atoms with Crippen molar-refractivity contribution < 1.29 is 37.3 Å². The first-order chi connectivity index (χ1) is 16.5. The van der Waals surface area contributed by atoms with E-state index in [9.17, 15) is 27.9 Å². The average molecular weight is 521 g/mol. The molecule has 0 saturated heterocycles. The van der Waals surface area contributed by atoms with Crippen molar-refractivity contribution in [2.75, 3.05) is 0 Å². The number of carbonyl (C=O) groups excluding carboxylic acids is 2. The van der Waals surface area contributed by atoms with Crippen LogP contribution in [0.5, 0.6) is 0 Å². The minimum absolute atomic E-state index is 0.154. The van der Waals surface area contributed by atoms with Gasteiger partial charge in [-0.3, -0.25) is 9.59 Å². The Morgan fingerprint density at radius 3 is 1.97 bits per heavy atom. The number of rotatable bonds is 11. The second kappa shape index (κ2) is 11.6. The highest BCUT2D eigenvalue weighted by Crippen LogP contribution is 2.44. The molecule has 1 N–H and O–H groups in total. The maximum Gasteiger partial charge on any atom is 0.417 e. The fourth-order valence-corrected chi connectivity index (χ4v) is 5.87. The summed E-state index contributed by atoms with van der Waals surface area (Å²) in [4.78, 5) is 26.7. The van der Waals surface area contributed by atoms with Crippen LogP contribution in [0.2, 0.25) is 0 Å². The molecule has 36 heavy (non-hydrogen) atoms. The lowest BCUT2D eigenvalue weighted by Gasteiger charge is -2.40. The molecule has 0 bridgehead atoms. The minimum Gasteiger partial charge on any atom is -0.462 e. The first kappa shape index (κ1) is 30.9. The third-order valence-corrected chi connectivity index (χ3v) is 8.77. The van der Waals surface area contributed by atoms with Crippen LogP contribution < -0.4 is 0 Å². The van der Waals surface area contributed by atoms with Crippen molar-refractivity contribution in [1.29, 1.82) is 0 Å². The van der Waals surface area contributed by atoms with Crippen molar-refractivity contribution in [1.82, 2.24) is 0 Å². The van der Waals surface area contributed by atoms with Crippen LogP contribution in [0.25, 0.3) is 0 Å². The molecule has 0 amide bonds. The maximum absolute atomic E-state index is 13.5. The van der Waals surface area contributed by atoms with Crippen LogP contribution >= 0.6 is 0 Å². The predicted molar refractivity (Wildman–Crippen MR) is 132 cm³/mol. The number of alkyl halides is 3. The zero-order chi connectivity index (χ0) is 27.4. The van der Waals surface area contributed by atoms with E-state index in [1.54, 1.807) is 20.8 Å². The molecule has 0 spiro atoms. The van der Waals surface area contributed by atoms with E-state index in [4.69, 9.17) is 9.47 Å². The Hall–Kier alpha value is -1.31. The normalized spacial score (nSPS) is 23.4. The van der Waals surface area contributed by atoms with Gasteiger partial charge in [-0.05, 0) is 91.4 Å². The Morgan fingerprint density at radius 2 is 1.50 bits per heavy atom. The molecule has 2 aliphatic rings. The van der Waals surface area contributed by atoms with Crippen molar-refractivity contribution in [3.8, 4) is 0 Å². The molecule has 0 radical (unpaired) electrons. The van der Waals surface area contributed by atoms with E-state index in [0.29, 0.717) is 19.3 Å². The van der Waals surface area contributed by atoms with Crippen LogP contribution in [0.1, 0.15) is 125 Å². The molecule has 2 aliphatic carbocycles. The van der Waals surface area contributed by atoms with E-state index in [-0.39, 0.29) is 18.3 Å². The summed E-state index contributed by atoms with van der Waals surface area (Å²) in [6, 6.07) is 0. The minimum atomic E-state index is -4.83. The van der Waals surface area contributed by atoms with Gasteiger partial charge in [0.1, 0.15) is 11.7 Å². The van der Waals surface area contributed by atoms with Crippen LogP contribution in [-0.2, 0) is 19.1 Å². The summed E-state index contributed by atoms with van der Waals surface area (Å²) in [5, 5.41) is 10.2. The average Bonchev–Trinajstić information content (AvgIpc) is 3.26. The Labute approximate surface area is 214 Å². The molecular weight excluding hydrogens is 473 g/mol. The highest BCUT2D eigenvalue weighted by atomic mass is 19.4. The lowest BCUT2D eigenvalue weighted by molar-refractivity contribution is -0.264. The zero-order valence-corrected chi connectivity index (χ0v) is 23.1. The molecule has 8 heteroatoms. The largest absolute Gasteiger partial charge is 0.462 e. The van der Waals surface area contributed by atoms with Gasteiger partial charge in [-0.2, -0.15) is 13.2 Å². The summed E-state index contributed by atoms with van der Waals surface area (Å²) in [5.41, 5.74) is -5.48. The van der Waals surface area contributed by atoms with E-state index >= 15 is 0 Å². The van der Waals surface area contributed by atoms with Crippen molar-refractivity contribution in [2.24, 2.45) is 16.7 Å². The van der Waals surface area contributed by atoms with Gasteiger partial charge < -0.3 is 14.6 Å². The van der Waals surface area contributed by atoms with Crippen LogP contribution in [0, 0.1) is 16.7 Å². The monoisotopic (exact) mass is 520 g/mol. The first-order valence-electron chi connectivity index (χ1n) is 13.7. The van der Waals surface area contributed by atoms with E-state index in [2.05, 4.69) is 0 Å². The molecule has 2 rings (SSSR count). The quantitative estimate of drug-likeness (QED) is 0.290. The Bertz CT molecular complexity index is 749. The van der Waals surface area contributed by atoms with Gasteiger partial charge in [-0.25, -0.2) is 0 Å². The number of halogens is 3. The van der Waals surface area contributed by atoms with Gasteiger partial charge in [0, 0.05) is 6.42 Å². The molecule has 210 valence electrons. The Kier molecular flexibility index (Phi) is 9.97. The second-order valence-electron chi connectivity index (χ2n) is 12.4. The summed E-state index contributed by atoms with van der Waals surface area (Å²) in [6.45, 7) is 9.75. The second-order valence-corrected chi connectivity index (χ2v) is 12.4. The fraction of sp³-hybridized carbons (Fsp3) is 0.929. The number of hydrogen-bond donors (Lipinski definition) is 1. The van der Waals surface area contributed by atoms with Crippen LogP contribution in [0.4, 0.5) is 13.2 Å². The third kappa shape index (κ3) is 7.38. The van der Waals surface area contributed by atoms with Crippen molar-refractivity contribution >= 4 is 11.9 Å². The summed E-state index contributed by atoms with van der Waals surface area (Å²) in [5.74, 6) is -1.21. The van der Waals surface area contributed by atoms with Crippen molar-refractivity contribution in [3.05, 3.63) is 0 Å². The van der Waals surface area contributed by atoms with E-state index in [0.717, 1.165) is 58.3 Å². The number of carbonyl (C=O) groups is 2. The van der Waals surface area contributed by atoms with E-state index in [1.807, 2.05) is 13.8 Å². The van der Waals surface area contributed by atoms with E-state index < -0.39 is 46.7 Å². The summed E-state index contributed by atoms with van der Waals surface area (Å²) in [6.07, 6.45) is 2.51. The molecule has 0 aromatic heterocycles. The van der Waals surface area contributed by atoms with Gasteiger partial charge in [-0.1, -0.05) is 33.1 Å². The van der Waals surface area contributed by atoms with Crippen LogP contribution in [0.15, 0.2) is 0 Å². The standard InChI is InChI=1S/C28H47F3O5/c1-7-25(5,23(33)36-27(8-2)16-12-13-17-27)19-24(3,4)22(32)35-21(20-14-10-9-11-15-20)18-26(6,34)28(29,30)31/h20-21,34H,7-19H2,1-6H3. The molecule has 2 saturated carbocycles. The number of aliphatic hydroxyl groups is 1. The highest BCUT2D eigenvalue weighted by molar-refractivity contribution is 5.80. The summed E-state index contributed by atoms with van der Waals surface area (Å²) in [7, 11) is 0. The molecule has 2 fully saturated rings. The summed E-state index contributed by atoms with van der Waals surface area (Å²) >= 11 is 0. The van der Waals surface area contributed by atoms with Gasteiger partial charge in [0.15, 0.2) is 5.60 Å². The molecule has 3 atom stereocenters. The SMILES string of the molecule is CCC1(OC(=O)C(C)(CC)CC(C)(C)C(=O)OC(CC(C)(O)C(F)(F)F)C2CCCCC2)CCCC1. The fourth-order valence-electron chi connectivity index (χ4n) is 5.87. The molecule has 0 aromatic carbocycles. The smallest absolute Gasteiger partial charge is 0.417 e. The molecule has 0 aromatic rings. The molecular formula is C28H47F3O5. The lowest BCUT2D eigenvalue weighted by Crippen LogP contribution is -2.48. The van der Waals surface area contributed by atoms with Crippen LogP contribution in [0.3, 0.4) is 0 Å².